The lowest BCUT2D eigenvalue weighted by molar-refractivity contribution is -0.0300. The summed E-state index contributed by atoms with van der Waals surface area (Å²) in [7, 11) is 0. The summed E-state index contributed by atoms with van der Waals surface area (Å²) in [6.07, 6.45) is 4.29. The zero-order valence-corrected chi connectivity index (χ0v) is 13.0. The van der Waals surface area contributed by atoms with Gasteiger partial charge in [-0.3, -0.25) is 4.79 Å². The van der Waals surface area contributed by atoms with Gasteiger partial charge in [-0.05, 0) is 51.3 Å². The molecule has 1 amide bonds. The van der Waals surface area contributed by atoms with E-state index >= 15 is 0 Å². The molecule has 2 heterocycles. The van der Waals surface area contributed by atoms with Crippen molar-refractivity contribution in [1.82, 2.24) is 14.9 Å². The summed E-state index contributed by atoms with van der Waals surface area (Å²) < 4.78 is 1.97. The van der Waals surface area contributed by atoms with E-state index in [1.165, 1.54) is 0 Å². The number of carbonyl (C=O) groups excluding carboxylic acids is 1. The molecule has 1 aliphatic carbocycles. The normalized spacial score (nSPS) is 16.1. The monoisotopic (exact) mass is 299 g/mol. The van der Waals surface area contributed by atoms with Gasteiger partial charge >= 0.3 is 0 Å². The molecule has 1 fully saturated rings. The third kappa shape index (κ3) is 2.64. The molecule has 0 radical (unpaired) electrons. The zero-order chi connectivity index (χ0) is 15.7. The van der Waals surface area contributed by atoms with Gasteiger partial charge in [0.05, 0.1) is 11.2 Å². The molecule has 0 aromatic carbocycles. The number of aromatic nitrogens is 2. The van der Waals surface area contributed by atoms with E-state index in [-0.39, 0.29) is 5.91 Å². The zero-order valence-electron chi connectivity index (χ0n) is 13.0. The van der Waals surface area contributed by atoms with Crippen molar-refractivity contribution in [3.63, 3.8) is 0 Å². The smallest absolute Gasteiger partial charge is 0.253 e. The molecule has 0 bridgehead atoms. The number of rotatable bonds is 4. The number of amides is 1. The van der Waals surface area contributed by atoms with E-state index in [0.29, 0.717) is 12.1 Å². The van der Waals surface area contributed by atoms with E-state index in [1.54, 1.807) is 6.20 Å². The van der Waals surface area contributed by atoms with E-state index in [1.807, 2.05) is 42.7 Å². The quantitative estimate of drug-likeness (QED) is 0.909. The summed E-state index contributed by atoms with van der Waals surface area (Å²) in [5, 5.41) is 12.9. The molecule has 3 rings (SSSR count). The fourth-order valence-corrected chi connectivity index (χ4v) is 2.93. The van der Waals surface area contributed by atoms with Crippen LogP contribution in [0, 0.1) is 13.8 Å². The second-order valence-electron chi connectivity index (χ2n) is 6.07. The third-order valence-electron chi connectivity index (χ3n) is 4.42. The van der Waals surface area contributed by atoms with Crippen LogP contribution < -0.4 is 5.32 Å². The van der Waals surface area contributed by atoms with Gasteiger partial charge in [0.25, 0.3) is 5.91 Å². The van der Waals surface area contributed by atoms with Gasteiger partial charge in [0.15, 0.2) is 0 Å². The number of carbonyl (C=O) groups is 1. The van der Waals surface area contributed by atoms with Crippen LogP contribution >= 0.6 is 0 Å². The topological polar surface area (TPSA) is 67.2 Å². The molecule has 0 atom stereocenters. The molecule has 1 saturated carbocycles. The molecule has 0 saturated heterocycles. The minimum absolute atomic E-state index is 0.143. The Bertz CT molecular complexity index is 687. The van der Waals surface area contributed by atoms with Crippen molar-refractivity contribution in [3.8, 4) is 5.82 Å². The molecular formula is C17H21N3O2. The number of nitrogens with zero attached hydrogens (tertiary/aromatic N) is 2. The molecule has 0 aliphatic heterocycles. The van der Waals surface area contributed by atoms with Gasteiger partial charge in [0.2, 0.25) is 0 Å². The SMILES string of the molecule is Cc1cc(C(=O)NCC2(O)CCC2)c(C)n1-c1ccccn1. The number of nitrogens with one attached hydrogen (secondary N) is 1. The van der Waals surface area contributed by atoms with E-state index < -0.39 is 5.60 Å². The number of pyridine rings is 1. The largest absolute Gasteiger partial charge is 0.388 e. The second-order valence-corrected chi connectivity index (χ2v) is 6.07. The summed E-state index contributed by atoms with van der Waals surface area (Å²) in [6, 6.07) is 7.57. The van der Waals surface area contributed by atoms with Gasteiger partial charge in [-0.25, -0.2) is 4.98 Å². The molecule has 1 aliphatic rings. The summed E-state index contributed by atoms with van der Waals surface area (Å²) >= 11 is 0. The van der Waals surface area contributed by atoms with Crippen molar-refractivity contribution >= 4 is 5.91 Å². The van der Waals surface area contributed by atoms with Crippen LogP contribution in [0.3, 0.4) is 0 Å². The van der Waals surface area contributed by atoms with Gasteiger partial charge in [-0.15, -0.1) is 0 Å². The third-order valence-corrected chi connectivity index (χ3v) is 4.42. The van der Waals surface area contributed by atoms with Gasteiger partial charge in [0, 0.05) is 24.1 Å². The highest BCUT2D eigenvalue weighted by atomic mass is 16.3. The van der Waals surface area contributed by atoms with E-state index in [9.17, 15) is 9.90 Å². The number of hydrogen-bond donors (Lipinski definition) is 2. The van der Waals surface area contributed by atoms with E-state index in [0.717, 1.165) is 36.5 Å². The van der Waals surface area contributed by atoms with Crippen LogP contribution in [0.2, 0.25) is 0 Å². The van der Waals surface area contributed by atoms with Crippen molar-refractivity contribution in [3.05, 3.63) is 47.4 Å². The minimum atomic E-state index is -0.706. The van der Waals surface area contributed by atoms with Crippen molar-refractivity contribution < 1.29 is 9.90 Å². The highest BCUT2D eigenvalue weighted by Gasteiger charge is 2.34. The summed E-state index contributed by atoms with van der Waals surface area (Å²) in [5.41, 5.74) is 1.74. The molecule has 2 aromatic rings. The average molecular weight is 299 g/mol. The Morgan fingerprint density at radius 1 is 1.41 bits per heavy atom. The maximum absolute atomic E-state index is 12.4. The first kappa shape index (κ1) is 14.8. The van der Waals surface area contributed by atoms with Crippen molar-refractivity contribution in [1.29, 1.82) is 0 Å². The Kier molecular flexibility index (Phi) is 3.74. The second kappa shape index (κ2) is 5.57. The van der Waals surface area contributed by atoms with E-state index in [4.69, 9.17) is 0 Å². The Hall–Kier alpha value is -2.14. The summed E-state index contributed by atoms with van der Waals surface area (Å²) in [5.74, 6) is 0.657. The van der Waals surface area contributed by atoms with Gasteiger partial charge in [-0.1, -0.05) is 6.07 Å². The van der Waals surface area contributed by atoms with Crippen LogP contribution in [0.25, 0.3) is 5.82 Å². The molecule has 5 heteroatoms. The first-order chi connectivity index (χ1) is 10.5. The average Bonchev–Trinajstić information content (AvgIpc) is 2.79. The Balaban J connectivity index is 1.81. The van der Waals surface area contributed by atoms with E-state index in [2.05, 4.69) is 10.3 Å². The van der Waals surface area contributed by atoms with Crippen LogP contribution in [-0.2, 0) is 0 Å². The highest BCUT2D eigenvalue weighted by Crippen LogP contribution is 2.30. The van der Waals surface area contributed by atoms with Gasteiger partial charge < -0.3 is 15.0 Å². The Labute approximate surface area is 130 Å². The van der Waals surface area contributed by atoms with Crippen molar-refractivity contribution in [2.45, 2.75) is 38.7 Å². The molecule has 22 heavy (non-hydrogen) atoms. The minimum Gasteiger partial charge on any atom is -0.388 e. The van der Waals surface area contributed by atoms with Crippen LogP contribution in [0.15, 0.2) is 30.5 Å². The lowest BCUT2D eigenvalue weighted by Crippen LogP contribution is -2.47. The summed E-state index contributed by atoms with van der Waals surface area (Å²) in [4.78, 5) is 16.7. The van der Waals surface area contributed by atoms with Crippen molar-refractivity contribution in [2.24, 2.45) is 0 Å². The van der Waals surface area contributed by atoms with Gasteiger partial charge in [0.1, 0.15) is 5.82 Å². The first-order valence-corrected chi connectivity index (χ1v) is 7.61. The van der Waals surface area contributed by atoms with Crippen LogP contribution in [0.1, 0.15) is 41.0 Å². The number of aryl methyl sites for hydroxylation is 1. The predicted octanol–water partition coefficient (Wildman–Crippen LogP) is 2.13. The number of hydrogen-bond acceptors (Lipinski definition) is 3. The van der Waals surface area contributed by atoms with Gasteiger partial charge in [-0.2, -0.15) is 0 Å². The molecule has 0 spiro atoms. The Morgan fingerprint density at radius 3 is 2.77 bits per heavy atom. The number of aliphatic hydroxyl groups is 1. The first-order valence-electron chi connectivity index (χ1n) is 7.61. The highest BCUT2D eigenvalue weighted by molar-refractivity contribution is 5.95. The molecule has 0 unspecified atom stereocenters. The van der Waals surface area contributed by atoms with Crippen LogP contribution in [0.5, 0.6) is 0 Å². The molecule has 5 nitrogen and oxygen atoms in total. The lowest BCUT2D eigenvalue weighted by Gasteiger charge is -2.36. The lowest BCUT2D eigenvalue weighted by atomic mass is 9.80. The maximum Gasteiger partial charge on any atom is 0.253 e. The summed E-state index contributed by atoms with van der Waals surface area (Å²) in [6.45, 7) is 4.19. The van der Waals surface area contributed by atoms with Crippen molar-refractivity contribution in [2.75, 3.05) is 6.54 Å². The van der Waals surface area contributed by atoms with Crippen LogP contribution in [0.4, 0.5) is 0 Å². The fraction of sp³-hybridized carbons (Fsp3) is 0.412. The fourth-order valence-electron chi connectivity index (χ4n) is 2.93. The molecular weight excluding hydrogens is 278 g/mol. The standard InChI is InChI=1S/C17H21N3O2/c1-12-10-14(16(21)19-11-17(22)7-5-8-17)13(2)20(12)15-6-3-4-9-18-15/h3-4,6,9-10,22H,5,7-8,11H2,1-2H3,(H,19,21). The predicted molar refractivity (Wildman–Crippen MR) is 84.2 cm³/mol. The molecule has 2 N–H and O–H groups in total. The molecule has 116 valence electrons. The van der Waals surface area contributed by atoms with Crippen LogP contribution in [-0.4, -0.2) is 32.7 Å². The maximum atomic E-state index is 12.4. The molecule has 2 aromatic heterocycles. The Morgan fingerprint density at radius 2 is 2.18 bits per heavy atom.